The number of hydrogen-bond acceptors (Lipinski definition) is 20. The van der Waals surface area contributed by atoms with E-state index in [0.29, 0.717) is 116 Å². The summed E-state index contributed by atoms with van der Waals surface area (Å²) >= 11 is 1.10. The van der Waals surface area contributed by atoms with Crippen LogP contribution in [0.2, 0.25) is 0 Å². The molecule has 2 aliphatic carbocycles. The van der Waals surface area contributed by atoms with Crippen molar-refractivity contribution in [1.29, 1.82) is 0 Å². The van der Waals surface area contributed by atoms with Gasteiger partial charge in [0.15, 0.2) is 5.82 Å². The fraction of sp³-hybridized carbons (Fsp3) is 0.429. The highest BCUT2D eigenvalue weighted by atomic mass is 32.1. The Morgan fingerprint density at radius 1 is 0.539 bits per heavy atom. The molecule has 1 aromatic heterocycles. The molecule has 0 bridgehead atoms. The van der Waals surface area contributed by atoms with Gasteiger partial charge in [0.1, 0.15) is 39.5 Å². The van der Waals surface area contributed by atoms with Gasteiger partial charge in [0, 0.05) is 17.7 Å². The number of nitrogens with two attached hydrogens (primary N) is 2. The first-order valence-corrected chi connectivity index (χ1v) is 26.5. The first-order valence-electron chi connectivity index (χ1n) is 25.7. The Balaban J connectivity index is 0.930. The third-order valence-electron chi connectivity index (χ3n) is 12.8. The summed E-state index contributed by atoms with van der Waals surface area (Å²) in [4.78, 5) is 79.7. The van der Waals surface area contributed by atoms with Crippen LogP contribution in [0.25, 0.3) is 0 Å². The number of carbonyl (C=O) groups excluding carboxylic acids is 6. The summed E-state index contributed by atoms with van der Waals surface area (Å²) in [6.45, 7) is 8.54. The Bertz CT molecular complexity index is 2580. The number of nitrogens with zero attached hydrogens (tertiary/aromatic N) is 2. The smallest absolute Gasteiger partial charge is 0.330 e. The molecule has 0 atom stereocenters. The molecule has 20 heteroatoms. The van der Waals surface area contributed by atoms with Crippen molar-refractivity contribution in [3.8, 4) is 34.5 Å². The van der Waals surface area contributed by atoms with Gasteiger partial charge in [-0.15, -0.1) is 0 Å². The summed E-state index contributed by atoms with van der Waals surface area (Å²) in [5.74, 6) is -1.61. The van der Waals surface area contributed by atoms with Crippen molar-refractivity contribution in [3.05, 3.63) is 97.6 Å². The minimum atomic E-state index is -0.480. The number of hydrogen-bond donors (Lipinski definition) is 3. The molecular formula is C56H67N5O14S. The van der Waals surface area contributed by atoms with Crippen molar-refractivity contribution >= 4 is 69.3 Å². The molecule has 2 aliphatic rings. The van der Waals surface area contributed by atoms with E-state index in [-0.39, 0.29) is 35.2 Å². The Morgan fingerprint density at radius 3 is 1.33 bits per heavy atom. The molecule has 0 spiro atoms. The lowest BCUT2D eigenvalue weighted by atomic mass is 9.82. The van der Waals surface area contributed by atoms with E-state index in [0.717, 1.165) is 74.9 Å². The number of aromatic nitrogens is 1. The van der Waals surface area contributed by atoms with Crippen molar-refractivity contribution in [2.24, 2.45) is 28.8 Å². The van der Waals surface area contributed by atoms with E-state index in [9.17, 15) is 28.8 Å². The SMILES string of the molecule is C=CC(=O)OCCCCCCOc1ccc(OC(=O)[C@H]2CC[C@H](C(=O)Oc3ccc(OC(=O)[C@H]4CC[C@H](C(=O)Oc5ccc(OCCCCCCOC(=O)C=C)cc5)CC4)c(/C=N/Nc4nc(N)c(N)s4)c3)CC2)cc1. The van der Waals surface area contributed by atoms with Gasteiger partial charge in [0.25, 0.3) is 0 Å². The number of thiazole rings is 1. The van der Waals surface area contributed by atoms with Crippen LogP contribution < -0.4 is 45.3 Å². The van der Waals surface area contributed by atoms with E-state index in [1.165, 1.54) is 24.4 Å². The van der Waals surface area contributed by atoms with Crippen molar-refractivity contribution < 1.29 is 66.7 Å². The molecule has 19 nitrogen and oxygen atoms in total. The van der Waals surface area contributed by atoms with Gasteiger partial charge in [0.2, 0.25) is 5.13 Å². The van der Waals surface area contributed by atoms with Crippen LogP contribution in [0.15, 0.2) is 97.1 Å². The molecule has 4 aromatic rings. The normalized spacial score (nSPS) is 17.1. The number of benzene rings is 3. The molecule has 6 rings (SSSR count). The Morgan fingerprint density at radius 2 is 0.921 bits per heavy atom. The van der Waals surface area contributed by atoms with Crippen molar-refractivity contribution in [2.45, 2.75) is 103 Å². The monoisotopic (exact) mass is 1070 g/mol. The Labute approximate surface area is 446 Å². The number of nitrogens with one attached hydrogen (secondary N) is 1. The number of anilines is 3. The molecule has 0 amide bonds. The van der Waals surface area contributed by atoms with Crippen LogP contribution in [-0.4, -0.2) is 73.4 Å². The van der Waals surface area contributed by atoms with Crippen molar-refractivity contribution in [3.63, 3.8) is 0 Å². The molecule has 5 N–H and O–H groups in total. The fourth-order valence-corrected chi connectivity index (χ4v) is 9.02. The quantitative estimate of drug-likeness (QED) is 0.0114. The van der Waals surface area contributed by atoms with Crippen molar-refractivity contribution in [2.75, 3.05) is 43.3 Å². The lowest BCUT2D eigenvalue weighted by molar-refractivity contribution is -0.145. The first-order chi connectivity index (χ1) is 36.9. The largest absolute Gasteiger partial charge is 0.494 e. The van der Waals surface area contributed by atoms with Gasteiger partial charge < -0.3 is 49.4 Å². The molecule has 0 unspecified atom stereocenters. The topological polar surface area (TPSA) is 266 Å². The van der Waals surface area contributed by atoms with E-state index in [2.05, 4.69) is 28.7 Å². The maximum Gasteiger partial charge on any atom is 0.330 e. The van der Waals surface area contributed by atoms with E-state index >= 15 is 0 Å². The lowest BCUT2D eigenvalue weighted by Gasteiger charge is -2.26. The first kappa shape index (κ1) is 57.5. The predicted molar refractivity (Wildman–Crippen MR) is 285 cm³/mol. The maximum atomic E-state index is 13.6. The molecule has 406 valence electrons. The minimum absolute atomic E-state index is 0.155. The van der Waals surface area contributed by atoms with Gasteiger partial charge in [-0.3, -0.25) is 24.6 Å². The second-order valence-corrected chi connectivity index (χ2v) is 19.4. The minimum Gasteiger partial charge on any atom is -0.494 e. The lowest BCUT2D eigenvalue weighted by Crippen LogP contribution is -2.30. The van der Waals surface area contributed by atoms with Crippen LogP contribution in [0.1, 0.15) is 108 Å². The van der Waals surface area contributed by atoms with Crippen LogP contribution in [0.5, 0.6) is 34.5 Å². The highest BCUT2D eigenvalue weighted by molar-refractivity contribution is 7.19. The van der Waals surface area contributed by atoms with Gasteiger partial charge in [-0.25, -0.2) is 9.59 Å². The zero-order valence-electron chi connectivity index (χ0n) is 42.6. The Kier molecular flexibility index (Phi) is 23.2. The van der Waals surface area contributed by atoms with Gasteiger partial charge in [-0.05, 0) is 169 Å². The molecule has 76 heavy (non-hydrogen) atoms. The number of nitrogen functional groups attached to an aromatic ring is 2. The molecule has 0 radical (unpaired) electrons. The standard InChI is InChI=1S/C56H67N5O14S/c1-3-48(62)70-33-11-7-5-9-31-68-42-21-25-44(26-22-42)72-52(64)37-13-15-39(16-14-37)54(66)74-46-29-30-47(41(35-46)36-59-61-56-60-50(57)51(58)76-56)75-55(67)40-19-17-38(18-20-40)53(65)73-45-27-23-43(24-28-45)69-32-10-6-8-12-34-71-49(63)4-2/h3-4,21-30,35-40H,1-2,5-20,31-34,57-58H2,(H,60,61)/b59-36+/t37-,38-,39-,40-. The third-order valence-corrected chi connectivity index (χ3v) is 13.6. The van der Waals surface area contributed by atoms with Gasteiger partial charge in [-0.2, -0.15) is 10.1 Å². The molecule has 2 fully saturated rings. The molecule has 3 aromatic carbocycles. The van der Waals surface area contributed by atoms with E-state index in [1.54, 1.807) is 48.5 Å². The number of unbranched alkanes of at least 4 members (excludes halogenated alkanes) is 6. The van der Waals surface area contributed by atoms with Gasteiger partial charge in [-0.1, -0.05) is 24.5 Å². The predicted octanol–water partition coefficient (Wildman–Crippen LogP) is 9.73. The Hall–Kier alpha value is -7.74. The summed E-state index contributed by atoms with van der Waals surface area (Å²) < 4.78 is 44.7. The average Bonchev–Trinajstić information content (AvgIpc) is 3.76. The van der Waals surface area contributed by atoms with Crippen LogP contribution in [0.3, 0.4) is 0 Å². The van der Waals surface area contributed by atoms with Crippen LogP contribution >= 0.6 is 11.3 Å². The zero-order chi connectivity index (χ0) is 54.1. The van der Waals surface area contributed by atoms with Gasteiger partial charge in [0.05, 0.1) is 56.3 Å². The number of rotatable bonds is 29. The maximum absolute atomic E-state index is 13.6. The van der Waals surface area contributed by atoms with Gasteiger partial charge >= 0.3 is 35.8 Å². The fourth-order valence-electron chi connectivity index (χ4n) is 8.42. The molecule has 0 saturated heterocycles. The van der Waals surface area contributed by atoms with E-state index < -0.39 is 41.6 Å². The second-order valence-electron chi connectivity index (χ2n) is 18.3. The van der Waals surface area contributed by atoms with Crippen LogP contribution in [0.4, 0.5) is 16.0 Å². The number of esters is 6. The third kappa shape index (κ3) is 19.2. The summed E-state index contributed by atoms with van der Waals surface area (Å²) in [7, 11) is 0. The van der Waals surface area contributed by atoms with E-state index in [4.69, 9.17) is 49.4 Å². The number of hydrazone groups is 1. The summed E-state index contributed by atoms with van der Waals surface area (Å²) in [6, 6.07) is 18.3. The summed E-state index contributed by atoms with van der Waals surface area (Å²) in [6.07, 6.45) is 14.0. The highest BCUT2D eigenvalue weighted by Gasteiger charge is 2.34. The zero-order valence-corrected chi connectivity index (χ0v) is 43.4. The molecule has 2 saturated carbocycles. The number of ether oxygens (including phenoxy) is 8. The highest BCUT2D eigenvalue weighted by Crippen LogP contribution is 2.35. The summed E-state index contributed by atoms with van der Waals surface area (Å²) in [5, 5.41) is 4.90. The average molecular weight is 1070 g/mol. The van der Waals surface area contributed by atoms with Crippen LogP contribution in [-0.2, 0) is 38.2 Å². The molecular weight excluding hydrogens is 999 g/mol. The van der Waals surface area contributed by atoms with E-state index in [1.807, 2.05) is 0 Å². The van der Waals surface area contributed by atoms with Crippen LogP contribution in [0, 0.1) is 23.7 Å². The summed E-state index contributed by atoms with van der Waals surface area (Å²) in [5.41, 5.74) is 14.7. The van der Waals surface area contributed by atoms with Crippen molar-refractivity contribution in [1.82, 2.24) is 4.98 Å². The second kappa shape index (κ2) is 30.6. The number of carbonyl (C=O) groups is 6. The molecule has 0 aliphatic heterocycles. The molecule has 1 heterocycles.